The maximum atomic E-state index is 13.4. The number of hydrogen-bond acceptors (Lipinski definition) is 4. The molecule has 5 nitrogen and oxygen atoms in total. The number of rotatable bonds is 5. The van der Waals surface area contributed by atoms with Gasteiger partial charge in [-0.2, -0.15) is 18.4 Å². The molecule has 3 aliphatic rings. The van der Waals surface area contributed by atoms with Crippen molar-refractivity contribution < 1.29 is 18.0 Å². The van der Waals surface area contributed by atoms with E-state index in [-0.39, 0.29) is 17.5 Å². The Labute approximate surface area is 175 Å². The highest BCUT2D eigenvalue weighted by atomic mass is 19.4. The minimum absolute atomic E-state index is 0.0271. The van der Waals surface area contributed by atoms with E-state index in [9.17, 15) is 23.2 Å². The number of nitriles is 1. The molecule has 0 bridgehead atoms. The van der Waals surface area contributed by atoms with Crippen LogP contribution < -0.4 is 0 Å². The topological polar surface area (TPSA) is 50.6 Å². The molecule has 0 spiro atoms. The van der Waals surface area contributed by atoms with E-state index >= 15 is 0 Å². The van der Waals surface area contributed by atoms with Gasteiger partial charge >= 0.3 is 12.1 Å². The van der Waals surface area contributed by atoms with Gasteiger partial charge in [0, 0.05) is 44.2 Å². The van der Waals surface area contributed by atoms with Gasteiger partial charge in [0.25, 0.3) is 0 Å². The molecular formula is C22H27F3N4O. The van der Waals surface area contributed by atoms with Gasteiger partial charge in [0.05, 0.1) is 18.0 Å². The SMILES string of the molecule is CN1CC(CC#N)(N2CCC(N(C(=O)C(F)(F)F)[C@@H]3C[C@H]3c3ccccc3)CC2)C1. The Kier molecular flexibility index (Phi) is 5.54. The van der Waals surface area contributed by atoms with Crippen LogP contribution in [-0.2, 0) is 4.79 Å². The normalized spacial score (nSPS) is 27.2. The Morgan fingerprint density at radius 3 is 2.40 bits per heavy atom. The lowest BCUT2D eigenvalue weighted by Gasteiger charge is -2.56. The van der Waals surface area contributed by atoms with E-state index in [0.29, 0.717) is 38.8 Å². The van der Waals surface area contributed by atoms with E-state index in [1.807, 2.05) is 37.4 Å². The molecule has 1 aromatic carbocycles. The number of carbonyl (C=O) groups excluding carboxylic acids is 1. The standard InChI is InChI=1S/C22H27F3N4O/c1-27-14-21(15-27,9-10-26)28-11-7-17(8-12-28)29(20(30)22(23,24)25)19-13-18(19)16-5-3-2-4-6-16/h2-6,17-19H,7-9,11-15H2,1H3/t18-,19+/m0/s1. The van der Waals surface area contributed by atoms with Gasteiger partial charge in [0.15, 0.2) is 0 Å². The number of amides is 1. The predicted molar refractivity (Wildman–Crippen MR) is 106 cm³/mol. The molecule has 0 unspecified atom stereocenters. The third-order valence-electron chi connectivity index (χ3n) is 6.88. The van der Waals surface area contributed by atoms with Crippen molar-refractivity contribution in [1.29, 1.82) is 5.26 Å². The van der Waals surface area contributed by atoms with Gasteiger partial charge in [0.2, 0.25) is 0 Å². The fourth-order valence-electron chi connectivity index (χ4n) is 5.43. The molecule has 0 radical (unpaired) electrons. The van der Waals surface area contributed by atoms with Crippen LogP contribution in [0.5, 0.6) is 0 Å². The maximum absolute atomic E-state index is 13.4. The first kappa shape index (κ1) is 21.1. The van der Waals surface area contributed by atoms with Gasteiger partial charge < -0.3 is 9.80 Å². The largest absolute Gasteiger partial charge is 0.471 e. The van der Waals surface area contributed by atoms with Crippen LogP contribution in [-0.4, -0.2) is 77.6 Å². The van der Waals surface area contributed by atoms with Gasteiger partial charge in [0.1, 0.15) is 0 Å². The van der Waals surface area contributed by atoms with E-state index < -0.39 is 18.1 Å². The van der Waals surface area contributed by atoms with Gasteiger partial charge in [-0.15, -0.1) is 0 Å². The molecule has 30 heavy (non-hydrogen) atoms. The second-order valence-electron chi connectivity index (χ2n) is 8.98. The average Bonchev–Trinajstić information content (AvgIpc) is 3.48. The van der Waals surface area contributed by atoms with Crippen molar-refractivity contribution >= 4 is 5.91 Å². The van der Waals surface area contributed by atoms with Gasteiger partial charge in [-0.25, -0.2) is 0 Å². The fourth-order valence-corrected chi connectivity index (χ4v) is 5.43. The zero-order valence-corrected chi connectivity index (χ0v) is 17.1. The number of alkyl halides is 3. The Morgan fingerprint density at radius 1 is 1.23 bits per heavy atom. The summed E-state index contributed by atoms with van der Waals surface area (Å²) >= 11 is 0. The van der Waals surface area contributed by atoms with Crippen LogP contribution in [0, 0.1) is 11.3 Å². The molecule has 2 atom stereocenters. The smallest absolute Gasteiger partial charge is 0.328 e. The number of piperidine rings is 1. The molecule has 2 heterocycles. The highest BCUT2D eigenvalue weighted by molar-refractivity contribution is 5.83. The Balaban J connectivity index is 1.47. The van der Waals surface area contributed by atoms with Crippen molar-refractivity contribution in [1.82, 2.24) is 14.7 Å². The van der Waals surface area contributed by atoms with Gasteiger partial charge in [-0.05, 0) is 31.9 Å². The van der Waals surface area contributed by atoms with Crippen LogP contribution in [0.2, 0.25) is 0 Å². The Bertz CT molecular complexity index is 808. The van der Waals surface area contributed by atoms with Crippen molar-refractivity contribution in [3.63, 3.8) is 0 Å². The first-order valence-corrected chi connectivity index (χ1v) is 10.5. The van der Waals surface area contributed by atoms with Crippen molar-refractivity contribution in [3.8, 4) is 6.07 Å². The lowest BCUT2D eigenvalue weighted by atomic mass is 9.83. The highest BCUT2D eigenvalue weighted by Crippen LogP contribution is 2.47. The molecule has 2 saturated heterocycles. The van der Waals surface area contributed by atoms with E-state index in [1.54, 1.807) is 0 Å². The molecule has 1 amide bonds. The third kappa shape index (κ3) is 3.93. The van der Waals surface area contributed by atoms with E-state index in [0.717, 1.165) is 23.6 Å². The summed E-state index contributed by atoms with van der Waals surface area (Å²) in [5.41, 5.74) is 0.796. The fraction of sp³-hybridized carbons (Fsp3) is 0.636. The minimum Gasteiger partial charge on any atom is -0.328 e. The summed E-state index contributed by atoms with van der Waals surface area (Å²) in [6.07, 6.45) is -2.84. The molecule has 1 saturated carbocycles. The van der Waals surface area contributed by atoms with Crippen LogP contribution >= 0.6 is 0 Å². The summed E-state index contributed by atoms with van der Waals surface area (Å²) in [6.45, 7) is 2.83. The number of likely N-dealkylation sites (N-methyl/N-ethyl adjacent to an activating group) is 1. The lowest BCUT2D eigenvalue weighted by molar-refractivity contribution is -0.190. The summed E-state index contributed by atoms with van der Waals surface area (Å²) in [5, 5.41) is 9.23. The zero-order chi connectivity index (χ0) is 21.5. The van der Waals surface area contributed by atoms with Gasteiger partial charge in [-0.1, -0.05) is 30.3 Å². The number of nitrogens with zero attached hydrogens (tertiary/aromatic N) is 4. The van der Waals surface area contributed by atoms with E-state index in [2.05, 4.69) is 15.9 Å². The molecule has 1 aromatic rings. The van der Waals surface area contributed by atoms with Crippen LogP contribution in [0.25, 0.3) is 0 Å². The summed E-state index contributed by atoms with van der Waals surface area (Å²) < 4.78 is 40.2. The summed E-state index contributed by atoms with van der Waals surface area (Å²) in [6, 6.07) is 10.9. The van der Waals surface area contributed by atoms with Crippen molar-refractivity contribution in [2.24, 2.45) is 0 Å². The molecular weight excluding hydrogens is 393 g/mol. The van der Waals surface area contributed by atoms with E-state index in [1.165, 1.54) is 0 Å². The van der Waals surface area contributed by atoms with Crippen molar-refractivity contribution in [2.45, 2.75) is 55.4 Å². The second-order valence-corrected chi connectivity index (χ2v) is 8.98. The summed E-state index contributed by atoms with van der Waals surface area (Å²) in [7, 11) is 2.00. The maximum Gasteiger partial charge on any atom is 0.471 e. The predicted octanol–water partition coefficient (Wildman–Crippen LogP) is 3.00. The summed E-state index contributed by atoms with van der Waals surface area (Å²) in [4.78, 5) is 17.9. The lowest BCUT2D eigenvalue weighted by Crippen LogP contribution is -2.70. The third-order valence-corrected chi connectivity index (χ3v) is 6.88. The Hall–Kier alpha value is -2.11. The monoisotopic (exact) mass is 420 g/mol. The van der Waals surface area contributed by atoms with Crippen molar-refractivity contribution in [2.75, 3.05) is 33.2 Å². The van der Waals surface area contributed by atoms with Crippen molar-refractivity contribution in [3.05, 3.63) is 35.9 Å². The quantitative estimate of drug-likeness (QED) is 0.735. The molecule has 2 aliphatic heterocycles. The average molecular weight is 420 g/mol. The molecule has 4 rings (SSSR count). The molecule has 3 fully saturated rings. The zero-order valence-electron chi connectivity index (χ0n) is 17.1. The van der Waals surface area contributed by atoms with Crippen LogP contribution in [0.1, 0.15) is 37.2 Å². The molecule has 0 N–H and O–H groups in total. The van der Waals surface area contributed by atoms with Crippen LogP contribution in [0.3, 0.4) is 0 Å². The number of likely N-dealkylation sites (tertiary alicyclic amines) is 2. The second kappa shape index (κ2) is 7.86. The summed E-state index contributed by atoms with van der Waals surface area (Å²) in [5.74, 6) is -1.74. The first-order valence-electron chi connectivity index (χ1n) is 10.5. The molecule has 1 aliphatic carbocycles. The first-order chi connectivity index (χ1) is 14.2. The molecule has 0 aromatic heterocycles. The number of benzene rings is 1. The number of hydrogen-bond donors (Lipinski definition) is 0. The van der Waals surface area contributed by atoms with Crippen LogP contribution in [0.15, 0.2) is 30.3 Å². The van der Waals surface area contributed by atoms with Gasteiger partial charge in [-0.3, -0.25) is 9.69 Å². The molecule has 162 valence electrons. The Morgan fingerprint density at radius 2 is 1.87 bits per heavy atom. The van der Waals surface area contributed by atoms with Crippen LogP contribution in [0.4, 0.5) is 13.2 Å². The van der Waals surface area contributed by atoms with E-state index in [4.69, 9.17) is 0 Å². The molecule has 8 heteroatoms. The minimum atomic E-state index is -4.86. The number of carbonyl (C=O) groups is 1. The highest BCUT2D eigenvalue weighted by Gasteiger charge is 2.55. The number of halogens is 3.